The van der Waals surface area contributed by atoms with Gasteiger partial charge in [0, 0.05) is 0 Å². The third kappa shape index (κ3) is 3.89. The van der Waals surface area contributed by atoms with Gasteiger partial charge in [0.1, 0.15) is 22.8 Å². The largest absolute Gasteiger partial charge is 0.478 e. The molecule has 0 atom stereocenters. The van der Waals surface area contributed by atoms with E-state index in [4.69, 9.17) is 9.52 Å². The number of aromatic carboxylic acids is 1. The summed E-state index contributed by atoms with van der Waals surface area (Å²) in [4.78, 5) is 10.8. The molecular weight excluding hydrogens is 244 g/mol. The summed E-state index contributed by atoms with van der Waals surface area (Å²) in [6.45, 7) is 5.13. The summed E-state index contributed by atoms with van der Waals surface area (Å²) < 4.78 is 28.5. The van der Waals surface area contributed by atoms with E-state index in [1.807, 2.05) is 13.8 Å². The lowest BCUT2D eigenvalue weighted by molar-refractivity contribution is 0.0695. The first-order chi connectivity index (χ1) is 7.71. The van der Waals surface area contributed by atoms with Gasteiger partial charge in [0.2, 0.25) is 0 Å². The fraction of sp³-hybridized carbons (Fsp3) is 0.545. The molecule has 1 aromatic rings. The molecule has 1 rings (SSSR count). The second-order valence-electron chi connectivity index (χ2n) is 4.44. The second kappa shape index (κ2) is 4.91. The van der Waals surface area contributed by atoms with E-state index < -0.39 is 15.8 Å². The van der Waals surface area contributed by atoms with Crippen molar-refractivity contribution in [3.05, 3.63) is 23.2 Å². The van der Waals surface area contributed by atoms with Gasteiger partial charge < -0.3 is 9.52 Å². The number of carbonyl (C=O) groups is 1. The number of aryl methyl sites for hydroxylation is 1. The maximum absolute atomic E-state index is 11.7. The van der Waals surface area contributed by atoms with Crippen LogP contribution < -0.4 is 0 Å². The van der Waals surface area contributed by atoms with Crippen molar-refractivity contribution in [2.45, 2.75) is 26.5 Å². The lowest BCUT2D eigenvalue weighted by Crippen LogP contribution is -2.13. The summed E-state index contributed by atoms with van der Waals surface area (Å²) in [7, 11) is -3.25. The summed E-state index contributed by atoms with van der Waals surface area (Å²) in [5.74, 6) is -0.851. The highest BCUT2D eigenvalue weighted by atomic mass is 32.2. The highest BCUT2D eigenvalue weighted by Crippen LogP contribution is 2.18. The zero-order valence-corrected chi connectivity index (χ0v) is 10.9. The Morgan fingerprint density at radius 2 is 2.06 bits per heavy atom. The third-order valence-electron chi connectivity index (χ3n) is 2.15. The van der Waals surface area contributed by atoms with Gasteiger partial charge in [0.15, 0.2) is 9.84 Å². The molecule has 0 fully saturated rings. The zero-order valence-electron chi connectivity index (χ0n) is 10.1. The molecule has 1 N–H and O–H groups in total. The summed E-state index contributed by atoms with van der Waals surface area (Å²) in [5.41, 5.74) is 0.0137. The lowest BCUT2D eigenvalue weighted by atomic mass is 10.2. The smallest absolute Gasteiger partial charge is 0.339 e. The van der Waals surface area contributed by atoms with Crippen LogP contribution in [0.3, 0.4) is 0 Å². The van der Waals surface area contributed by atoms with E-state index in [0.717, 1.165) is 0 Å². The van der Waals surface area contributed by atoms with E-state index in [0.29, 0.717) is 0 Å². The summed E-state index contributed by atoms with van der Waals surface area (Å²) >= 11 is 0. The van der Waals surface area contributed by atoms with Gasteiger partial charge in [-0.25, -0.2) is 13.2 Å². The van der Waals surface area contributed by atoms with Crippen molar-refractivity contribution in [2.75, 3.05) is 5.75 Å². The molecule has 6 heteroatoms. The molecule has 0 amide bonds. The van der Waals surface area contributed by atoms with Crippen LogP contribution in [0, 0.1) is 12.8 Å². The predicted molar refractivity (Wildman–Crippen MR) is 62.7 cm³/mol. The summed E-state index contributed by atoms with van der Waals surface area (Å²) in [5, 5.41) is 8.81. The lowest BCUT2D eigenvalue weighted by Gasteiger charge is -2.04. The molecule has 0 aliphatic carbocycles. The molecule has 0 aliphatic rings. The van der Waals surface area contributed by atoms with E-state index >= 15 is 0 Å². The Kier molecular flexibility index (Phi) is 3.98. The van der Waals surface area contributed by atoms with E-state index in [9.17, 15) is 13.2 Å². The van der Waals surface area contributed by atoms with Crippen molar-refractivity contribution in [1.82, 2.24) is 0 Å². The van der Waals surface area contributed by atoms with Crippen LogP contribution >= 0.6 is 0 Å². The molecule has 0 aromatic carbocycles. The fourth-order valence-electron chi connectivity index (χ4n) is 1.61. The molecular formula is C11H16O5S. The number of carboxylic acids is 1. The van der Waals surface area contributed by atoms with Crippen molar-refractivity contribution < 1.29 is 22.7 Å². The van der Waals surface area contributed by atoms with Crippen molar-refractivity contribution >= 4 is 15.8 Å². The van der Waals surface area contributed by atoms with E-state index in [1.54, 1.807) is 0 Å². The molecule has 1 heterocycles. The number of hydrogen-bond donors (Lipinski definition) is 1. The third-order valence-corrected chi connectivity index (χ3v) is 4.05. The molecule has 0 saturated heterocycles. The van der Waals surface area contributed by atoms with Crippen LogP contribution in [0.5, 0.6) is 0 Å². The van der Waals surface area contributed by atoms with Crippen LogP contribution in [0.25, 0.3) is 0 Å². The van der Waals surface area contributed by atoms with Crippen molar-refractivity contribution in [1.29, 1.82) is 0 Å². The Labute approximate surface area is 100 Å². The Balaban J connectivity index is 2.90. The minimum atomic E-state index is -3.25. The zero-order chi connectivity index (χ0) is 13.2. The summed E-state index contributed by atoms with van der Waals surface area (Å²) in [6.07, 6.45) is 0. The van der Waals surface area contributed by atoms with E-state index in [-0.39, 0.29) is 34.5 Å². The molecule has 96 valence electrons. The van der Waals surface area contributed by atoms with Gasteiger partial charge in [0.05, 0.1) is 5.75 Å². The minimum absolute atomic E-state index is 0.0137. The van der Waals surface area contributed by atoms with Crippen molar-refractivity contribution in [2.24, 2.45) is 5.92 Å². The maximum atomic E-state index is 11.7. The first-order valence-electron chi connectivity index (χ1n) is 5.24. The van der Waals surface area contributed by atoms with Crippen LogP contribution in [0.1, 0.15) is 35.7 Å². The standard InChI is InChI=1S/C11H16O5S/c1-7(2)5-17(14,15)6-9-4-10(11(12)13)8(3)16-9/h4,7H,5-6H2,1-3H3,(H,12,13). The molecule has 5 nitrogen and oxygen atoms in total. The maximum Gasteiger partial charge on any atom is 0.339 e. The average molecular weight is 260 g/mol. The van der Waals surface area contributed by atoms with E-state index in [1.165, 1.54) is 13.0 Å². The van der Waals surface area contributed by atoms with Gasteiger partial charge in [-0.1, -0.05) is 13.8 Å². The molecule has 0 radical (unpaired) electrons. The normalized spacial score (nSPS) is 12.0. The molecule has 0 bridgehead atoms. The highest BCUT2D eigenvalue weighted by molar-refractivity contribution is 7.90. The fourth-order valence-corrected chi connectivity index (χ4v) is 3.32. The first-order valence-corrected chi connectivity index (χ1v) is 7.06. The summed E-state index contributed by atoms with van der Waals surface area (Å²) in [6, 6.07) is 1.27. The second-order valence-corrected chi connectivity index (χ2v) is 6.55. The predicted octanol–water partition coefficient (Wildman–Crippen LogP) is 1.86. The number of furan rings is 1. The Morgan fingerprint density at radius 1 is 1.47 bits per heavy atom. The average Bonchev–Trinajstić information content (AvgIpc) is 2.42. The Hall–Kier alpha value is -1.30. The Bertz CT molecular complexity index is 510. The van der Waals surface area contributed by atoms with Gasteiger partial charge in [-0.15, -0.1) is 0 Å². The van der Waals surface area contributed by atoms with Crippen molar-refractivity contribution in [3.8, 4) is 0 Å². The van der Waals surface area contributed by atoms with Gasteiger partial charge in [-0.3, -0.25) is 0 Å². The number of hydrogen-bond acceptors (Lipinski definition) is 4. The molecule has 0 aliphatic heterocycles. The molecule has 0 saturated carbocycles. The topological polar surface area (TPSA) is 84.6 Å². The van der Waals surface area contributed by atoms with Crippen LogP contribution in [-0.2, 0) is 15.6 Å². The van der Waals surface area contributed by atoms with Gasteiger partial charge in [-0.2, -0.15) is 0 Å². The molecule has 0 spiro atoms. The minimum Gasteiger partial charge on any atom is -0.478 e. The number of carboxylic acid groups (broad SMARTS) is 1. The molecule has 0 unspecified atom stereocenters. The van der Waals surface area contributed by atoms with Gasteiger partial charge in [-0.05, 0) is 18.9 Å². The van der Waals surface area contributed by atoms with Crippen LogP contribution in [0.15, 0.2) is 10.5 Å². The van der Waals surface area contributed by atoms with Gasteiger partial charge >= 0.3 is 5.97 Å². The monoisotopic (exact) mass is 260 g/mol. The van der Waals surface area contributed by atoms with Gasteiger partial charge in [0.25, 0.3) is 0 Å². The first kappa shape index (κ1) is 13.8. The van der Waals surface area contributed by atoms with Crippen molar-refractivity contribution in [3.63, 3.8) is 0 Å². The van der Waals surface area contributed by atoms with E-state index in [2.05, 4.69) is 0 Å². The quantitative estimate of drug-likeness (QED) is 0.873. The van der Waals surface area contributed by atoms with Crippen LogP contribution in [-0.4, -0.2) is 25.2 Å². The van der Waals surface area contributed by atoms with Crippen LogP contribution in [0.2, 0.25) is 0 Å². The number of rotatable bonds is 5. The van der Waals surface area contributed by atoms with Crippen LogP contribution in [0.4, 0.5) is 0 Å². The molecule has 1 aromatic heterocycles. The SMILES string of the molecule is Cc1oc(CS(=O)(=O)CC(C)C)cc1C(=O)O. The molecule has 17 heavy (non-hydrogen) atoms. The Morgan fingerprint density at radius 3 is 2.47 bits per heavy atom. The number of sulfone groups is 1. The highest BCUT2D eigenvalue weighted by Gasteiger charge is 2.20.